The first-order valence-electron chi connectivity index (χ1n) is 13.8. The van der Waals surface area contributed by atoms with Crippen molar-refractivity contribution >= 4 is 12.4 Å². The molecule has 0 amide bonds. The van der Waals surface area contributed by atoms with Crippen molar-refractivity contribution < 1.29 is 9.47 Å². The van der Waals surface area contributed by atoms with Crippen LogP contribution >= 0.6 is 0 Å². The fourth-order valence-corrected chi connectivity index (χ4v) is 4.82. The van der Waals surface area contributed by atoms with Crippen molar-refractivity contribution in [3.05, 3.63) is 95.1 Å². The summed E-state index contributed by atoms with van der Waals surface area (Å²) in [5.41, 5.74) is 4.82. The van der Waals surface area contributed by atoms with E-state index in [1.54, 1.807) is 0 Å². The molecule has 6 nitrogen and oxygen atoms in total. The van der Waals surface area contributed by atoms with E-state index in [2.05, 4.69) is 80.4 Å². The summed E-state index contributed by atoms with van der Waals surface area (Å²) in [6.45, 7) is 7.09. The van der Waals surface area contributed by atoms with E-state index in [4.69, 9.17) is 9.47 Å². The minimum atomic E-state index is 0.680. The van der Waals surface area contributed by atoms with Crippen LogP contribution in [0.2, 0.25) is 0 Å². The smallest absolute Gasteiger partial charge is 0.142 e. The van der Waals surface area contributed by atoms with Crippen LogP contribution in [0, 0.1) is 0 Å². The lowest BCUT2D eigenvalue weighted by atomic mass is 10.1. The lowest BCUT2D eigenvalue weighted by molar-refractivity contribution is 0.0939. The van der Waals surface area contributed by atoms with E-state index >= 15 is 0 Å². The van der Waals surface area contributed by atoms with E-state index in [1.807, 2.05) is 24.6 Å². The summed E-state index contributed by atoms with van der Waals surface area (Å²) < 4.78 is 11.7. The third kappa shape index (κ3) is 7.76. The van der Waals surface area contributed by atoms with Crippen molar-refractivity contribution in [2.75, 3.05) is 39.6 Å². The molecule has 3 aromatic carbocycles. The number of para-hydroxylation sites is 2. The highest BCUT2D eigenvalue weighted by molar-refractivity contribution is 5.84. The molecule has 0 fully saturated rings. The second-order valence-electron chi connectivity index (χ2n) is 10.0. The molecule has 2 aliphatic heterocycles. The number of aliphatic imine (C=N–C) groups is 2. The third-order valence-electron chi connectivity index (χ3n) is 6.98. The zero-order valence-corrected chi connectivity index (χ0v) is 22.2. The first-order chi connectivity index (χ1) is 18.8. The van der Waals surface area contributed by atoms with Gasteiger partial charge in [0.25, 0.3) is 0 Å². The van der Waals surface area contributed by atoms with Crippen LogP contribution in [-0.2, 0) is 13.1 Å². The Morgan fingerprint density at radius 1 is 0.579 bits per heavy atom. The second kappa shape index (κ2) is 13.9. The van der Waals surface area contributed by atoms with Crippen molar-refractivity contribution in [3.8, 4) is 11.5 Å². The van der Waals surface area contributed by atoms with Crippen molar-refractivity contribution in [2.45, 2.75) is 38.8 Å². The van der Waals surface area contributed by atoms with Crippen LogP contribution in [0.5, 0.6) is 11.5 Å². The second-order valence-corrected chi connectivity index (χ2v) is 10.0. The van der Waals surface area contributed by atoms with Gasteiger partial charge in [-0.2, -0.15) is 0 Å². The molecule has 5 rings (SSSR count). The average molecular weight is 511 g/mol. The van der Waals surface area contributed by atoms with Crippen molar-refractivity contribution in [2.24, 2.45) is 9.98 Å². The van der Waals surface area contributed by atoms with Crippen molar-refractivity contribution in [1.29, 1.82) is 0 Å². The predicted octanol–water partition coefficient (Wildman–Crippen LogP) is 5.79. The molecule has 198 valence electrons. The molecule has 2 heterocycles. The summed E-state index contributed by atoms with van der Waals surface area (Å²) in [4.78, 5) is 13.9. The van der Waals surface area contributed by atoms with Gasteiger partial charge in [-0.15, -0.1) is 0 Å². The standard InChI is InChI=1S/C32H38N4O2/c1-3-11-31-29(9-1)23-35(25-37-31)19-7-5-17-33-21-27-13-15-28(16-14-27)22-34-18-6-8-20-36-24-30-10-2-4-12-32(30)38-26-36/h1-4,9-16,21-22H,5-8,17-20,23-26H2. The highest BCUT2D eigenvalue weighted by atomic mass is 16.5. The van der Waals surface area contributed by atoms with Crippen LogP contribution in [0.15, 0.2) is 82.8 Å². The summed E-state index contributed by atoms with van der Waals surface area (Å²) in [7, 11) is 0. The number of fused-ring (bicyclic) bond motifs is 2. The minimum absolute atomic E-state index is 0.680. The van der Waals surface area contributed by atoms with E-state index in [0.29, 0.717) is 13.5 Å². The Labute approximate surface area is 226 Å². The molecule has 38 heavy (non-hydrogen) atoms. The first-order valence-corrected chi connectivity index (χ1v) is 13.8. The molecule has 0 saturated heterocycles. The van der Waals surface area contributed by atoms with Crippen LogP contribution in [0.3, 0.4) is 0 Å². The van der Waals surface area contributed by atoms with Crippen LogP contribution in [0.25, 0.3) is 0 Å². The van der Waals surface area contributed by atoms with Crippen molar-refractivity contribution in [3.63, 3.8) is 0 Å². The molecule has 0 atom stereocenters. The SMILES string of the molecule is C(=NCCCCN1COc2ccccc2C1)c1ccc(C=NCCCCN2COc3ccccc3C2)cc1. The molecular formula is C32H38N4O2. The predicted molar refractivity (Wildman–Crippen MR) is 155 cm³/mol. The zero-order valence-electron chi connectivity index (χ0n) is 22.2. The number of hydrogen-bond acceptors (Lipinski definition) is 6. The van der Waals surface area contributed by atoms with Gasteiger partial charge in [0.05, 0.1) is 0 Å². The minimum Gasteiger partial charge on any atom is -0.478 e. The van der Waals surface area contributed by atoms with E-state index in [9.17, 15) is 0 Å². The van der Waals surface area contributed by atoms with E-state index in [1.165, 1.54) is 11.1 Å². The Balaban J connectivity index is 0.923. The lowest BCUT2D eigenvalue weighted by Gasteiger charge is -2.28. The summed E-state index contributed by atoms with van der Waals surface area (Å²) in [5.74, 6) is 2.05. The van der Waals surface area contributed by atoms with Crippen LogP contribution < -0.4 is 9.47 Å². The van der Waals surface area contributed by atoms with Crippen molar-refractivity contribution in [1.82, 2.24) is 9.80 Å². The van der Waals surface area contributed by atoms with E-state index < -0.39 is 0 Å². The summed E-state index contributed by atoms with van der Waals surface area (Å²) in [5, 5.41) is 0. The molecule has 0 aliphatic carbocycles. The van der Waals surface area contributed by atoms with E-state index in [0.717, 1.165) is 87.6 Å². The maximum atomic E-state index is 5.84. The Kier molecular flexibility index (Phi) is 9.55. The Morgan fingerprint density at radius 3 is 1.50 bits per heavy atom. The van der Waals surface area contributed by atoms with Crippen LogP contribution in [-0.4, -0.2) is 61.9 Å². The fourth-order valence-electron chi connectivity index (χ4n) is 4.82. The number of hydrogen-bond donors (Lipinski definition) is 0. The van der Waals surface area contributed by atoms with Gasteiger partial charge in [0, 0.05) is 62.8 Å². The van der Waals surface area contributed by atoms with Gasteiger partial charge in [-0.05, 0) is 48.9 Å². The van der Waals surface area contributed by atoms with Gasteiger partial charge < -0.3 is 9.47 Å². The Bertz CT molecular complexity index is 1110. The number of rotatable bonds is 12. The maximum absolute atomic E-state index is 5.84. The summed E-state index contributed by atoms with van der Waals surface area (Å²) in [6.07, 6.45) is 8.36. The largest absolute Gasteiger partial charge is 0.478 e. The van der Waals surface area contributed by atoms with Gasteiger partial charge in [-0.25, -0.2) is 0 Å². The van der Waals surface area contributed by atoms with Gasteiger partial charge >= 0.3 is 0 Å². The Morgan fingerprint density at radius 2 is 1.03 bits per heavy atom. The average Bonchev–Trinajstić information content (AvgIpc) is 2.97. The summed E-state index contributed by atoms with van der Waals surface area (Å²) in [6, 6.07) is 25.1. The molecule has 0 saturated carbocycles. The molecule has 0 aromatic heterocycles. The highest BCUT2D eigenvalue weighted by Crippen LogP contribution is 2.25. The third-order valence-corrected chi connectivity index (χ3v) is 6.98. The normalized spacial score (nSPS) is 15.8. The monoisotopic (exact) mass is 510 g/mol. The number of unbranched alkanes of at least 4 members (excludes halogenated alkanes) is 2. The molecule has 2 aliphatic rings. The number of ether oxygens (including phenoxy) is 2. The fraction of sp³-hybridized carbons (Fsp3) is 0.375. The molecule has 0 N–H and O–H groups in total. The quantitative estimate of drug-likeness (QED) is 0.229. The number of nitrogens with zero attached hydrogens (tertiary/aromatic N) is 4. The molecular weight excluding hydrogens is 472 g/mol. The molecule has 0 bridgehead atoms. The lowest BCUT2D eigenvalue weighted by Crippen LogP contribution is -2.32. The maximum Gasteiger partial charge on any atom is 0.142 e. The number of benzene rings is 3. The molecule has 3 aromatic rings. The first kappa shape index (κ1) is 26.1. The highest BCUT2D eigenvalue weighted by Gasteiger charge is 2.16. The summed E-state index contributed by atoms with van der Waals surface area (Å²) >= 11 is 0. The van der Waals surface area contributed by atoms with E-state index in [-0.39, 0.29) is 0 Å². The van der Waals surface area contributed by atoms with Gasteiger partial charge in [0.15, 0.2) is 0 Å². The van der Waals surface area contributed by atoms with Gasteiger partial charge in [-0.3, -0.25) is 19.8 Å². The molecule has 0 unspecified atom stereocenters. The van der Waals surface area contributed by atoms with Gasteiger partial charge in [-0.1, -0.05) is 60.7 Å². The van der Waals surface area contributed by atoms with Gasteiger partial charge in [0.1, 0.15) is 25.0 Å². The Hall–Kier alpha value is -3.48. The molecule has 0 radical (unpaired) electrons. The zero-order chi connectivity index (χ0) is 25.8. The van der Waals surface area contributed by atoms with Gasteiger partial charge in [0.2, 0.25) is 0 Å². The molecule has 6 heteroatoms. The molecule has 0 spiro atoms. The van der Waals surface area contributed by atoms with Crippen LogP contribution in [0.4, 0.5) is 0 Å². The van der Waals surface area contributed by atoms with Crippen LogP contribution in [0.1, 0.15) is 47.9 Å². The topological polar surface area (TPSA) is 49.7 Å².